The van der Waals surface area contributed by atoms with E-state index in [0.717, 1.165) is 54.5 Å². The zero-order chi connectivity index (χ0) is 18.1. The molecule has 0 saturated heterocycles. The fourth-order valence-corrected chi connectivity index (χ4v) is 2.76. The van der Waals surface area contributed by atoms with E-state index in [4.69, 9.17) is 9.26 Å². The molecule has 25 heavy (non-hydrogen) atoms. The lowest BCUT2D eigenvalue weighted by Crippen LogP contribution is -2.38. The predicted octanol–water partition coefficient (Wildman–Crippen LogP) is 2.72. The van der Waals surface area contributed by atoms with Gasteiger partial charge in [0.05, 0.1) is 12.8 Å². The van der Waals surface area contributed by atoms with Crippen LogP contribution in [-0.2, 0) is 25.8 Å². The Hall–Kier alpha value is -2.50. The first-order valence-corrected chi connectivity index (χ1v) is 8.76. The maximum Gasteiger partial charge on any atom is 0.191 e. The Bertz CT molecular complexity index is 673. The summed E-state index contributed by atoms with van der Waals surface area (Å²) in [6.07, 6.45) is 2.56. The fourth-order valence-electron chi connectivity index (χ4n) is 2.76. The van der Waals surface area contributed by atoms with Gasteiger partial charge < -0.3 is 19.9 Å². The Morgan fingerprint density at radius 2 is 2.00 bits per heavy atom. The lowest BCUT2D eigenvalue weighted by molar-refractivity contribution is 0.380. The highest BCUT2D eigenvalue weighted by Gasteiger charge is 2.13. The van der Waals surface area contributed by atoms with E-state index in [1.807, 2.05) is 18.2 Å². The van der Waals surface area contributed by atoms with Crippen LogP contribution in [0.1, 0.15) is 36.4 Å². The quantitative estimate of drug-likeness (QED) is 0.569. The summed E-state index contributed by atoms with van der Waals surface area (Å²) in [5, 5.41) is 10.8. The minimum absolute atomic E-state index is 0.657. The summed E-state index contributed by atoms with van der Waals surface area (Å²) < 4.78 is 10.8. The number of aromatic nitrogens is 1. The van der Waals surface area contributed by atoms with E-state index in [2.05, 4.69) is 40.7 Å². The minimum atomic E-state index is 0.657. The number of nitrogens with zero attached hydrogens (tertiary/aromatic N) is 2. The molecule has 1 aromatic heterocycles. The molecule has 6 heteroatoms. The molecule has 0 aliphatic carbocycles. The van der Waals surface area contributed by atoms with Crippen molar-refractivity contribution in [3.63, 3.8) is 0 Å². The van der Waals surface area contributed by atoms with Crippen LogP contribution in [-0.4, -0.2) is 31.8 Å². The molecule has 6 nitrogen and oxygen atoms in total. The monoisotopic (exact) mass is 344 g/mol. The van der Waals surface area contributed by atoms with Crippen molar-refractivity contribution in [2.45, 2.75) is 39.7 Å². The van der Waals surface area contributed by atoms with Crippen LogP contribution in [0.4, 0.5) is 0 Å². The zero-order valence-electron chi connectivity index (χ0n) is 15.6. The Morgan fingerprint density at radius 3 is 2.68 bits per heavy atom. The van der Waals surface area contributed by atoms with Crippen LogP contribution in [0.3, 0.4) is 0 Å². The van der Waals surface area contributed by atoms with E-state index < -0.39 is 0 Å². The zero-order valence-corrected chi connectivity index (χ0v) is 15.6. The van der Waals surface area contributed by atoms with E-state index in [0.29, 0.717) is 6.54 Å². The number of rotatable bonds is 8. The summed E-state index contributed by atoms with van der Waals surface area (Å²) >= 11 is 0. The van der Waals surface area contributed by atoms with E-state index in [-0.39, 0.29) is 0 Å². The van der Waals surface area contributed by atoms with Gasteiger partial charge in [0.2, 0.25) is 0 Å². The summed E-state index contributed by atoms with van der Waals surface area (Å²) in [4.78, 5) is 4.28. The second kappa shape index (κ2) is 9.71. The lowest BCUT2D eigenvalue weighted by Gasteiger charge is -2.13. The molecule has 1 aromatic carbocycles. The van der Waals surface area contributed by atoms with Gasteiger partial charge >= 0.3 is 0 Å². The molecular weight excluding hydrogens is 316 g/mol. The summed E-state index contributed by atoms with van der Waals surface area (Å²) in [5.74, 6) is 2.62. The molecule has 0 bridgehead atoms. The van der Waals surface area contributed by atoms with Crippen molar-refractivity contribution < 1.29 is 9.26 Å². The standard InChI is InChI=1S/C19H28N4O2/c1-5-16-15(17(6-2)25-23-16)13-22-19(20-3)21-12-11-14-9-7-8-10-18(14)24-4/h7-10H,5-6,11-13H2,1-4H3,(H2,20,21,22). The van der Waals surface area contributed by atoms with Crippen molar-refractivity contribution >= 4 is 5.96 Å². The van der Waals surface area contributed by atoms with Crippen LogP contribution in [0, 0.1) is 0 Å². The van der Waals surface area contributed by atoms with Crippen LogP contribution in [0.5, 0.6) is 5.75 Å². The summed E-state index contributed by atoms with van der Waals surface area (Å²) in [7, 11) is 3.47. The van der Waals surface area contributed by atoms with Gasteiger partial charge in [-0.1, -0.05) is 37.2 Å². The molecule has 0 amide bonds. The van der Waals surface area contributed by atoms with Gasteiger partial charge in [0.15, 0.2) is 5.96 Å². The Balaban J connectivity index is 1.88. The summed E-state index contributed by atoms with van der Waals surface area (Å²) in [5.41, 5.74) is 3.32. The Labute approximate surface area is 149 Å². The summed E-state index contributed by atoms with van der Waals surface area (Å²) in [6.45, 7) is 5.58. The number of nitrogens with one attached hydrogen (secondary N) is 2. The molecule has 2 aromatic rings. The number of para-hydroxylation sites is 1. The van der Waals surface area contributed by atoms with Gasteiger partial charge in [-0.05, 0) is 24.5 Å². The highest BCUT2D eigenvalue weighted by molar-refractivity contribution is 5.79. The average molecular weight is 344 g/mol. The first-order chi connectivity index (χ1) is 12.2. The van der Waals surface area contributed by atoms with E-state index in [1.165, 1.54) is 5.56 Å². The van der Waals surface area contributed by atoms with E-state index in [9.17, 15) is 0 Å². The van der Waals surface area contributed by atoms with Gasteiger partial charge in [0, 0.05) is 32.1 Å². The Morgan fingerprint density at radius 1 is 1.20 bits per heavy atom. The van der Waals surface area contributed by atoms with Crippen molar-refractivity contribution in [3.05, 3.63) is 46.8 Å². The van der Waals surface area contributed by atoms with Crippen molar-refractivity contribution in [1.82, 2.24) is 15.8 Å². The van der Waals surface area contributed by atoms with Gasteiger partial charge in [-0.25, -0.2) is 0 Å². The van der Waals surface area contributed by atoms with Crippen molar-refractivity contribution in [2.75, 3.05) is 20.7 Å². The molecule has 0 saturated carbocycles. The topological polar surface area (TPSA) is 71.7 Å². The van der Waals surface area contributed by atoms with Gasteiger partial charge in [-0.15, -0.1) is 0 Å². The van der Waals surface area contributed by atoms with Crippen LogP contribution < -0.4 is 15.4 Å². The summed E-state index contributed by atoms with van der Waals surface area (Å²) in [6, 6.07) is 8.06. The number of hydrogen-bond acceptors (Lipinski definition) is 4. The van der Waals surface area contributed by atoms with Crippen LogP contribution in [0.15, 0.2) is 33.8 Å². The number of ether oxygens (including phenoxy) is 1. The van der Waals surface area contributed by atoms with Gasteiger partial charge in [-0.2, -0.15) is 0 Å². The molecule has 0 radical (unpaired) electrons. The number of hydrogen-bond donors (Lipinski definition) is 2. The molecule has 1 heterocycles. The number of methoxy groups -OCH3 is 1. The van der Waals surface area contributed by atoms with E-state index in [1.54, 1.807) is 14.2 Å². The second-order valence-electron chi connectivity index (χ2n) is 5.65. The van der Waals surface area contributed by atoms with Crippen LogP contribution in [0.2, 0.25) is 0 Å². The molecule has 2 rings (SSSR count). The number of aryl methyl sites for hydroxylation is 2. The van der Waals surface area contributed by atoms with E-state index >= 15 is 0 Å². The average Bonchev–Trinajstić information content (AvgIpc) is 3.06. The molecule has 0 spiro atoms. The van der Waals surface area contributed by atoms with Gasteiger partial charge in [0.25, 0.3) is 0 Å². The smallest absolute Gasteiger partial charge is 0.191 e. The molecule has 0 aliphatic heterocycles. The molecule has 0 atom stereocenters. The first-order valence-electron chi connectivity index (χ1n) is 8.76. The molecule has 0 fully saturated rings. The van der Waals surface area contributed by atoms with Crippen LogP contribution >= 0.6 is 0 Å². The van der Waals surface area contributed by atoms with Crippen molar-refractivity contribution in [2.24, 2.45) is 4.99 Å². The molecule has 136 valence electrons. The SMILES string of the molecule is CCc1noc(CC)c1CNC(=NC)NCCc1ccccc1OC. The third-order valence-electron chi connectivity index (χ3n) is 4.14. The molecule has 2 N–H and O–H groups in total. The number of benzene rings is 1. The highest BCUT2D eigenvalue weighted by atomic mass is 16.5. The van der Waals surface area contributed by atoms with Gasteiger partial charge in [0.1, 0.15) is 11.5 Å². The highest BCUT2D eigenvalue weighted by Crippen LogP contribution is 2.17. The second-order valence-corrected chi connectivity index (χ2v) is 5.65. The third-order valence-corrected chi connectivity index (χ3v) is 4.14. The predicted molar refractivity (Wildman–Crippen MR) is 100 cm³/mol. The van der Waals surface area contributed by atoms with Gasteiger partial charge in [-0.3, -0.25) is 4.99 Å². The number of aliphatic imine (C=N–C) groups is 1. The Kier molecular flexibility index (Phi) is 7.32. The maximum absolute atomic E-state index is 5.40. The first kappa shape index (κ1) is 18.8. The third kappa shape index (κ3) is 4.98. The fraction of sp³-hybridized carbons (Fsp3) is 0.474. The van der Waals surface area contributed by atoms with Crippen LogP contribution in [0.25, 0.3) is 0 Å². The molecular formula is C19H28N4O2. The lowest BCUT2D eigenvalue weighted by atomic mass is 10.1. The largest absolute Gasteiger partial charge is 0.496 e. The normalized spacial score (nSPS) is 11.4. The molecule has 0 aliphatic rings. The van der Waals surface area contributed by atoms with Crippen molar-refractivity contribution in [3.8, 4) is 5.75 Å². The van der Waals surface area contributed by atoms with Crippen molar-refractivity contribution in [1.29, 1.82) is 0 Å². The number of guanidine groups is 1. The molecule has 0 unspecified atom stereocenters. The maximum atomic E-state index is 5.40. The minimum Gasteiger partial charge on any atom is -0.496 e.